The molecule has 0 aromatic heterocycles. The summed E-state index contributed by atoms with van der Waals surface area (Å²) in [5, 5.41) is 29.0. The van der Waals surface area contributed by atoms with E-state index in [0.717, 1.165) is 5.56 Å². The van der Waals surface area contributed by atoms with Gasteiger partial charge in [0.1, 0.15) is 13.2 Å². The molecule has 0 unspecified atom stereocenters. The lowest BCUT2D eigenvalue weighted by atomic mass is 9.95. The molecule has 2 atom stereocenters. The van der Waals surface area contributed by atoms with Crippen LogP contribution in [0.1, 0.15) is 42.1 Å². The van der Waals surface area contributed by atoms with Gasteiger partial charge in [-0.2, -0.15) is 10.4 Å². The number of amides is 2. The summed E-state index contributed by atoms with van der Waals surface area (Å²) >= 11 is 0. The third kappa shape index (κ3) is 8.25. The smallest absolute Gasteiger partial charge is 0.337 e. The molecule has 13 nitrogen and oxygen atoms in total. The molecule has 0 saturated heterocycles. The molecule has 1 aliphatic heterocycles. The zero-order chi connectivity index (χ0) is 33.1. The van der Waals surface area contributed by atoms with Gasteiger partial charge in [0.25, 0.3) is 0 Å². The fraction of sp³-hybridized carbons (Fsp3) is 0.273. The number of nitriles is 1. The number of benzene rings is 3. The lowest BCUT2D eigenvalue weighted by molar-refractivity contribution is -0.136. The summed E-state index contributed by atoms with van der Waals surface area (Å²) in [6, 6.07) is 18.2. The molecule has 0 saturated carbocycles. The number of esters is 1. The minimum atomic E-state index is -1.20. The predicted molar refractivity (Wildman–Crippen MR) is 167 cm³/mol. The van der Waals surface area contributed by atoms with Gasteiger partial charge in [0, 0.05) is 11.3 Å². The van der Waals surface area contributed by atoms with Crippen LogP contribution >= 0.6 is 0 Å². The van der Waals surface area contributed by atoms with Gasteiger partial charge >= 0.3 is 12.0 Å². The molecule has 3 aromatic carbocycles. The van der Waals surface area contributed by atoms with Crippen molar-refractivity contribution >= 4 is 18.2 Å². The number of allylic oxidation sites excluding steroid dienone is 1. The number of carbonyl (C=O) groups is 2. The van der Waals surface area contributed by atoms with Crippen LogP contribution in [0.5, 0.6) is 23.0 Å². The second kappa shape index (κ2) is 15.8. The van der Waals surface area contributed by atoms with E-state index in [4.69, 9.17) is 28.9 Å². The summed E-state index contributed by atoms with van der Waals surface area (Å²) in [4.78, 5) is 24.6. The molecule has 0 fully saturated rings. The van der Waals surface area contributed by atoms with Gasteiger partial charge in [-0.05, 0) is 61.4 Å². The van der Waals surface area contributed by atoms with Gasteiger partial charge < -0.3 is 39.4 Å². The van der Waals surface area contributed by atoms with E-state index in [2.05, 4.69) is 27.2 Å². The van der Waals surface area contributed by atoms with Crippen molar-refractivity contribution in [2.24, 2.45) is 5.10 Å². The normalized spacial score (nSPS) is 14.9. The SMILES string of the molecule is CCOc1cc([C@H]2NC(=O)NC(C)=C2C(=O)OC)ccc1OC[C@@H](O)N/N=C/c1cccc(OC)c1OCc1ccc(C#N)cc1. The number of ether oxygens (including phenoxy) is 5. The number of nitrogens with one attached hydrogen (secondary N) is 3. The third-order valence-electron chi connectivity index (χ3n) is 6.79. The van der Waals surface area contributed by atoms with E-state index < -0.39 is 24.3 Å². The number of rotatable bonds is 14. The lowest BCUT2D eigenvalue weighted by Crippen LogP contribution is -2.45. The highest BCUT2D eigenvalue weighted by atomic mass is 16.5. The number of hydrazone groups is 1. The third-order valence-corrected chi connectivity index (χ3v) is 6.79. The average Bonchev–Trinajstić information content (AvgIpc) is 3.06. The van der Waals surface area contributed by atoms with Crippen molar-refractivity contribution in [3.8, 4) is 29.1 Å². The molecular formula is C33H35N5O8. The van der Waals surface area contributed by atoms with E-state index in [1.54, 1.807) is 62.4 Å². The first-order chi connectivity index (χ1) is 22.3. The van der Waals surface area contributed by atoms with Crippen molar-refractivity contribution in [1.82, 2.24) is 16.1 Å². The number of methoxy groups -OCH3 is 2. The summed E-state index contributed by atoms with van der Waals surface area (Å²) in [6.07, 6.45) is 0.293. The molecule has 0 aliphatic carbocycles. The maximum Gasteiger partial charge on any atom is 0.337 e. The Labute approximate surface area is 266 Å². The van der Waals surface area contributed by atoms with Crippen molar-refractivity contribution in [3.05, 3.63) is 94.2 Å². The molecule has 46 heavy (non-hydrogen) atoms. The monoisotopic (exact) mass is 629 g/mol. The Bertz CT molecular complexity index is 1650. The number of aliphatic hydroxyl groups excluding tert-OH is 1. The van der Waals surface area contributed by atoms with E-state index in [1.165, 1.54) is 20.4 Å². The highest BCUT2D eigenvalue weighted by molar-refractivity contribution is 5.95. The van der Waals surface area contributed by atoms with Gasteiger partial charge in [-0.3, -0.25) is 5.43 Å². The first kappa shape index (κ1) is 33.2. The summed E-state index contributed by atoms with van der Waals surface area (Å²) in [5.41, 5.74) is 5.86. The van der Waals surface area contributed by atoms with Crippen LogP contribution in [0.25, 0.3) is 0 Å². The maximum atomic E-state index is 12.5. The molecule has 1 aliphatic rings. The van der Waals surface area contributed by atoms with Crippen LogP contribution in [0.15, 0.2) is 77.0 Å². The van der Waals surface area contributed by atoms with E-state index in [1.807, 2.05) is 12.1 Å². The fourth-order valence-corrected chi connectivity index (χ4v) is 4.60. The highest BCUT2D eigenvalue weighted by Gasteiger charge is 2.32. The lowest BCUT2D eigenvalue weighted by Gasteiger charge is -2.28. The van der Waals surface area contributed by atoms with Gasteiger partial charge in [0.15, 0.2) is 29.2 Å². The highest BCUT2D eigenvalue weighted by Crippen LogP contribution is 2.35. The summed E-state index contributed by atoms with van der Waals surface area (Å²) in [5.74, 6) is 1.06. The number of hydrogen-bond acceptors (Lipinski definition) is 11. The Morgan fingerprint density at radius 3 is 2.57 bits per heavy atom. The minimum absolute atomic E-state index is 0.187. The summed E-state index contributed by atoms with van der Waals surface area (Å²) in [7, 11) is 2.80. The molecule has 4 rings (SSSR count). The zero-order valence-electron chi connectivity index (χ0n) is 25.8. The molecule has 4 N–H and O–H groups in total. The van der Waals surface area contributed by atoms with Gasteiger partial charge in [-0.1, -0.05) is 24.3 Å². The number of nitrogens with zero attached hydrogens (tertiary/aromatic N) is 2. The van der Waals surface area contributed by atoms with Crippen LogP contribution in [0, 0.1) is 11.3 Å². The molecule has 240 valence electrons. The molecule has 13 heteroatoms. The molecule has 1 heterocycles. The Morgan fingerprint density at radius 2 is 1.87 bits per heavy atom. The molecular weight excluding hydrogens is 594 g/mol. The largest absolute Gasteiger partial charge is 0.493 e. The van der Waals surface area contributed by atoms with Crippen LogP contribution in [0.3, 0.4) is 0 Å². The number of aliphatic hydroxyl groups is 1. The van der Waals surface area contributed by atoms with Crippen molar-refractivity contribution in [2.45, 2.75) is 32.7 Å². The second-order valence-corrected chi connectivity index (χ2v) is 9.89. The standard InChI is InChI=1S/C33H35N5O8/c1-5-44-27-15-23(30-29(32(40)43-4)20(2)36-33(41)37-30)13-14-25(27)45-19-28(39)38-35-17-24-7-6-8-26(42-3)31(24)46-18-22-11-9-21(16-34)10-12-22/h6-15,17,28,30,38-39H,5,18-19H2,1-4H3,(H2,36,37,41)/b35-17+/t28-,30-/m1/s1. The van der Waals surface area contributed by atoms with Gasteiger partial charge in [0.05, 0.1) is 50.3 Å². The Morgan fingerprint density at radius 1 is 1.09 bits per heavy atom. The van der Waals surface area contributed by atoms with Crippen LogP contribution in [0.2, 0.25) is 0 Å². The number of urea groups is 1. The molecule has 2 amide bonds. The average molecular weight is 630 g/mol. The van der Waals surface area contributed by atoms with E-state index >= 15 is 0 Å². The van der Waals surface area contributed by atoms with Crippen LogP contribution in [0.4, 0.5) is 4.79 Å². The van der Waals surface area contributed by atoms with E-state index in [-0.39, 0.29) is 18.8 Å². The topological polar surface area (TPSA) is 173 Å². The maximum absolute atomic E-state index is 12.5. The quantitative estimate of drug-likeness (QED) is 0.0892. The van der Waals surface area contributed by atoms with Gasteiger partial charge in [-0.25, -0.2) is 9.59 Å². The number of hydrogen-bond donors (Lipinski definition) is 4. The van der Waals surface area contributed by atoms with E-state index in [0.29, 0.717) is 52.0 Å². The molecule has 0 bridgehead atoms. The van der Waals surface area contributed by atoms with Crippen molar-refractivity contribution in [1.29, 1.82) is 5.26 Å². The number of carbonyl (C=O) groups excluding carboxylic acids is 2. The summed E-state index contributed by atoms with van der Waals surface area (Å²) in [6.45, 7) is 3.79. The van der Waals surface area contributed by atoms with Crippen LogP contribution in [-0.2, 0) is 16.1 Å². The molecule has 3 aromatic rings. The van der Waals surface area contributed by atoms with Gasteiger partial charge in [-0.15, -0.1) is 0 Å². The van der Waals surface area contributed by atoms with Crippen LogP contribution in [-0.4, -0.2) is 57.0 Å². The Kier molecular flexibility index (Phi) is 11.4. The fourth-order valence-electron chi connectivity index (χ4n) is 4.60. The minimum Gasteiger partial charge on any atom is -0.493 e. The Balaban J connectivity index is 1.41. The molecule has 0 spiro atoms. The van der Waals surface area contributed by atoms with E-state index in [9.17, 15) is 14.7 Å². The number of para-hydroxylation sites is 1. The zero-order valence-corrected chi connectivity index (χ0v) is 25.8. The van der Waals surface area contributed by atoms with Gasteiger partial charge in [0.2, 0.25) is 0 Å². The second-order valence-electron chi connectivity index (χ2n) is 9.89. The van der Waals surface area contributed by atoms with Crippen molar-refractivity contribution in [3.63, 3.8) is 0 Å². The molecule has 0 radical (unpaired) electrons. The predicted octanol–water partition coefficient (Wildman–Crippen LogP) is 3.67. The summed E-state index contributed by atoms with van der Waals surface area (Å²) < 4.78 is 28.0. The first-order valence-electron chi connectivity index (χ1n) is 14.3. The Hall–Kier alpha value is -5.74. The van der Waals surface area contributed by atoms with Crippen LogP contribution < -0.4 is 35.0 Å². The van der Waals surface area contributed by atoms with Crippen molar-refractivity contribution < 1.29 is 38.4 Å². The first-order valence-corrected chi connectivity index (χ1v) is 14.3. The van der Waals surface area contributed by atoms with Crippen molar-refractivity contribution in [2.75, 3.05) is 27.4 Å².